The zero-order chi connectivity index (χ0) is 17.4. The second kappa shape index (κ2) is 6.13. The SMILES string of the molecule is C=CC(c1cccnc1)S(=O)(=O)n1ccc2cc(C3CNC3)ccc21. The van der Waals surface area contributed by atoms with Crippen molar-refractivity contribution < 1.29 is 8.42 Å². The Morgan fingerprint density at radius 3 is 2.76 bits per heavy atom. The monoisotopic (exact) mass is 353 g/mol. The minimum Gasteiger partial charge on any atom is -0.315 e. The molecule has 3 aromatic rings. The summed E-state index contributed by atoms with van der Waals surface area (Å²) in [5.41, 5.74) is 2.54. The molecule has 2 aromatic heterocycles. The molecule has 0 spiro atoms. The summed E-state index contributed by atoms with van der Waals surface area (Å²) in [4.78, 5) is 4.03. The van der Waals surface area contributed by atoms with Crippen LogP contribution in [0.4, 0.5) is 0 Å². The van der Waals surface area contributed by atoms with Crippen LogP contribution in [0.1, 0.15) is 22.3 Å². The minimum atomic E-state index is -3.67. The highest BCUT2D eigenvalue weighted by atomic mass is 32.2. The average Bonchev–Trinajstić information content (AvgIpc) is 2.99. The fraction of sp³-hybridized carbons (Fsp3) is 0.211. The van der Waals surface area contributed by atoms with Gasteiger partial charge >= 0.3 is 0 Å². The maximum absolute atomic E-state index is 13.2. The van der Waals surface area contributed by atoms with Gasteiger partial charge in [0.2, 0.25) is 10.0 Å². The van der Waals surface area contributed by atoms with Crippen molar-refractivity contribution in [2.75, 3.05) is 13.1 Å². The maximum atomic E-state index is 13.2. The molecule has 6 heteroatoms. The lowest BCUT2D eigenvalue weighted by atomic mass is 9.93. The summed E-state index contributed by atoms with van der Waals surface area (Å²) in [6.07, 6.45) is 6.26. The van der Waals surface area contributed by atoms with E-state index in [9.17, 15) is 8.42 Å². The van der Waals surface area contributed by atoms with Crippen LogP contribution in [0.2, 0.25) is 0 Å². The molecule has 1 atom stereocenters. The van der Waals surface area contributed by atoms with Crippen molar-refractivity contribution in [2.24, 2.45) is 0 Å². The van der Waals surface area contributed by atoms with Gasteiger partial charge in [0, 0.05) is 43.0 Å². The number of hydrogen-bond acceptors (Lipinski definition) is 4. The zero-order valence-electron chi connectivity index (χ0n) is 13.7. The summed E-state index contributed by atoms with van der Waals surface area (Å²) >= 11 is 0. The van der Waals surface area contributed by atoms with Crippen LogP contribution in [0.25, 0.3) is 10.9 Å². The van der Waals surface area contributed by atoms with Crippen LogP contribution in [0.3, 0.4) is 0 Å². The van der Waals surface area contributed by atoms with Gasteiger partial charge in [-0.25, -0.2) is 12.4 Å². The first-order valence-electron chi connectivity index (χ1n) is 8.20. The Kier molecular flexibility index (Phi) is 3.94. The van der Waals surface area contributed by atoms with Crippen LogP contribution in [0.15, 0.2) is 67.6 Å². The standard InChI is InChI=1S/C19H19N3O2S/c1-2-19(16-4-3-8-20-11-16)25(23,24)22-9-7-15-10-14(5-6-18(15)22)17-12-21-13-17/h2-11,17,19,21H,1,12-13H2. The third-order valence-corrected chi connectivity index (χ3v) is 6.73. The molecule has 0 bridgehead atoms. The molecular weight excluding hydrogens is 334 g/mol. The van der Waals surface area contributed by atoms with Gasteiger partial charge in [-0.3, -0.25) is 4.98 Å². The first-order valence-corrected chi connectivity index (χ1v) is 9.70. The zero-order valence-corrected chi connectivity index (χ0v) is 14.5. The Labute approximate surface area is 147 Å². The molecule has 1 aliphatic rings. The number of benzene rings is 1. The fourth-order valence-corrected chi connectivity index (χ4v) is 4.87. The van der Waals surface area contributed by atoms with E-state index in [4.69, 9.17) is 0 Å². The smallest absolute Gasteiger partial charge is 0.249 e. The van der Waals surface area contributed by atoms with Gasteiger partial charge in [0.25, 0.3) is 0 Å². The first kappa shape index (κ1) is 16.1. The van der Waals surface area contributed by atoms with Crippen LogP contribution in [-0.2, 0) is 10.0 Å². The largest absolute Gasteiger partial charge is 0.315 e. The number of aromatic nitrogens is 2. The third-order valence-electron chi connectivity index (χ3n) is 4.75. The number of pyridine rings is 1. The molecule has 1 unspecified atom stereocenters. The summed E-state index contributed by atoms with van der Waals surface area (Å²) in [6.45, 7) is 5.67. The molecule has 3 heterocycles. The quantitative estimate of drug-likeness (QED) is 0.717. The molecular formula is C19H19N3O2S. The van der Waals surface area contributed by atoms with Crippen LogP contribution in [0.5, 0.6) is 0 Å². The van der Waals surface area contributed by atoms with Crippen molar-refractivity contribution >= 4 is 20.9 Å². The van der Waals surface area contributed by atoms with Gasteiger partial charge in [-0.1, -0.05) is 18.2 Å². The average molecular weight is 353 g/mol. The number of nitrogens with zero attached hydrogens (tertiary/aromatic N) is 2. The summed E-state index contributed by atoms with van der Waals surface area (Å²) in [5.74, 6) is 0.515. The predicted molar refractivity (Wildman–Crippen MR) is 99.0 cm³/mol. The van der Waals surface area contributed by atoms with E-state index in [0.29, 0.717) is 17.0 Å². The lowest BCUT2D eigenvalue weighted by Crippen LogP contribution is -2.39. The molecule has 1 saturated heterocycles. The molecule has 4 rings (SSSR count). The van der Waals surface area contributed by atoms with E-state index in [1.54, 1.807) is 30.7 Å². The van der Waals surface area contributed by atoms with Gasteiger partial charge in [-0.2, -0.15) is 0 Å². The summed E-state index contributed by atoms with van der Waals surface area (Å²) in [5, 5.41) is 3.35. The van der Waals surface area contributed by atoms with Crippen molar-refractivity contribution in [2.45, 2.75) is 11.2 Å². The van der Waals surface area contributed by atoms with Crippen LogP contribution in [0, 0.1) is 0 Å². The highest BCUT2D eigenvalue weighted by molar-refractivity contribution is 7.90. The van der Waals surface area contributed by atoms with E-state index in [-0.39, 0.29) is 0 Å². The third kappa shape index (κ3) is 2.67. The van der Waals surface area contributed by atoms with E-state index in [0.717, 1.165) is 18.5 Å². The van der Waals surface area contributed by atoms with E-state index >= 15 is 0 Å². The Bertz CT molecular complexity index is 1020. The van der Waals surface area contributed by atoms with Gasteiger partial charge in [-0.15, -0.1) is 6.58 Å². The van der Waals surface area contributed by atoms with Crippen molar-refractivity contribution in [1.82, 2.24) is 14.3 Å². The maximum Gasteiger partial charge on any atom is 0.249 e. The second-order valence-corrected chi connectivity index (χ2v) is 8.20. The Balaban J connectivity index is 1.78. The van der Waals surface area contributed by atoms with E-state index < -0.39 is 15.3 Å². The predicted octanol–water partition coefficient (Wildman–Crippen LogP) is 2.83. The van der Waals surface area contributed by atoms with Crippen LogP contribution < -0.4 is 5.32 Å². The Hall–Kier alpha value is -2.44. The lowest BCUT2D eigenvalue weighted by molar-refractivity contribution is 0.449. The molecule has 0 saturated carbocycles. The molecule has 128 valence electrons. The molecule has 1 aliphatic heterocycles. The number of rotatable bonds is 5. The summed E-state index contributed by atoms with van der Waals surface area (Å²) < 4.78 is 27.7. The summed E-state index contributed by atoms with van der Waals surface area (Å²) in [7, 11) is -3.67. The topological polar surface area (TPSA) is 64.0 Å². The van der Waals surface area contributed by atoms with Gasteiger partial charge in [0.1, 0.15) is 5.25 Å². The van der Waals surface area contributed by atoms with Gasteiger partial charge in [-0.05, 0) is 35.4 Å². The summed E-state index contributed by atoms with van der Waals surface area (Å²) in [6, 6.07) is 11.3. The lowest BCUT2D eigenvalue weighted by Gasteiger charge is -2.27. The highest BCUT2D eigenvalue weighted by Crippen LogP contribution is 2.30. The van der Waals surface area contributed by atoms with E-state index in [1.807, 2.05) is 18.2 Å². The van der Waals surface area contributed by atoms with E-state index in [1.165, 1.54) is 15.6 Å². The van der Waals surface area contributed by atoms with Crippen molar-refractivity contribution in [3.05, 3.63) is 78.8 Å². The van der Waals surface area contributed by atoms with Gasteiger partial charge in [0.15, 0.2) is 0 Å². The molecule has 5 nitrogen and oxygen atoms in total. The fourth-order valence-electron chi connectivity index (χ4n) is 3.23. The van der Waals surface area contributed by atoms with E-state index in [2.05, 4.69) is 22.9 Å². The molecule has 25 heavy (non-hydrogen) atoms. The highest BCUT2D eigenvalue weighted by Gasteiger charge is 2.28. The molecule has 0 amide bonds. The van der Waals surface area contributed by atoms with Gasteiger partial charge < -0.3 is 5.32 Å². The second-order valence-electron chi connectivity index (χ2n) is 6.27. The molecule has 1 fully saturated rings. The number of hydrogen-bond donors (Lipinski definition) is 1. The van der Waals surface area contributed by atoms with Crippen molar-refractivity contribution in [3.63, 3.8) is 0 Å². The Morgan fingerprint density at radius 2 is 2.12 bits per heavy atom. The van der Waals surface area contributed by atoms with Gasteiger partial charge in [0.05, 0.1) is 5.52 Å². The minimum absolute atomic E-state index is 0.515. The van der Waals surface area contributed by atoms with Crippen LogP contribution >= 0.6 is 0 Å². The molecule has 1 aromatic carbocycles. The molecule has 0 radical (unpaired) electrons. The number of fused-ring (bicyclic) bond motifs is 1. The Morgan fingerprint density at radius 1 is 1.28 bits per heavy atom. The molecule has 1 N–H and O–H groups in total. The van der Waals surface area contributed by atoms with Crippen molar-refractivity contribution in [3.8, 4) is 0 Å². The first-order chi connectivity index (χ1) is 12.1. The van der Waals surface area contributed by atoms with Crippen molar-refractivity contribution in [1.29, 1.82) is 0 Å². The normalized spacial score (nSPS) is 16.5. The van der Waals surface area contributed by atoms with Crippen LogP contribution in [-0.4, -0.2) is 30.5 Å². The number of nitrogens with one attached hydrogen (secondary N) is 1. The molecule has 0 aliphatic carbocycles.